The van der Waals surface area contributed by atoms with Crippen molar-refractivity contribution in [3.63, 3.8) is 0 Å². The summed E-state index contributed by atoms with van der Waals surface area (Å²) in [5.74, 6) is 1.21. The fourth-order valence-corrected chi connectivity index (χ4v) is 3.89. The molecule has 4 rings (SSSR count). The molecule has 2 aliphatic rings. The third-order valence-corrected chi connectivity index (χ3v) is 4.88. The van der Waals surface area contributed by atoms with Gasteiger partial charge in [0.15, 0.2) is 0 Å². The molecule has 0 aromatic heterocycles. The molecule has 0 radical (unpaired) electrons. The zero-order valence-electron chi connectivity index (χ0n) is 12.4. The van der Waals surface area contributed by atoms with Crippen LogP contribution < -0.4 is 0 Å². The van der Waals surface area contributed by atoms with Crippen LogP contribution in [0.5, 0.6) is 0 Å². The van der Waals surface area contributed by atoms with Crippen molar-refractivity contribution >= 4 is 5.57 Å². The zero-order chi connectivity index (χ0) is 14.2. The Morgan fingerprint density at radius 2 is 1.90 bits per heavy atom. The predicted octanol–water partition coefficient (Wildman–Crippen LogP) is 5.49. The van der Waals surface area contributed by atoms with E-state index in [0.717, 1.165) is 0 Å². The second kappa shape index (κ2) is 5.04. The molecule has 21 heavy (non-hydrogen) atoms. The first kappa shape index (κ1) is 12.6. The number of aryl methyl sites for hydroxylation is 1. The van der Waals surface area contributed by atoms with Crippen LogP contribution in [0.25, 0.3) is 5.57 Å². The molecule has 2 unspecified atom stereocenters. The molecule has 0 nitrogen and oxygen atoms in total. The van der Waals surface area contributed by atoms with Crippen molar-refractivity contribution in [3.8, 4) is 0 Å². The first-order valence-electron chi connectivity index (χ1n) is 7.85. The summed E-state index contributed by atoms with van der Waals surface area (Å²) in [7, 11) is 0. The van der Waals surface area contributed by atoms with Crippen LogP contribution in [0.4, 0.5) is 0 Å². The van der Waals surface area contributed by atoms with Gasteiger partial charge in [0.25, 0.3) is 0 Å². The summed E-state index contributed by atoms with van der Waals surface area (Å²) < 4.78 is 0. The van der Waals surface area contributed by atoms with Gasteiger partial charge in [-0.2, -0.15) is 0 Å². The van der Waals surface area contributed by atoms with E-state index in [1.807, 2.05) is 0 Å². The maximum Gasteiger partial charge on any atom is 0.0101 e. The summed E-state index contributed by atoms with van der Waals surface area (Å²) in [6.07, 6.45) is 9.27. The van der Waals surface area contributed by atoms with E-state index >= 15 is 0 Å². The molecule has 0 aliphatic heterocycles. The van der Waals surface area contributed by atoms with Crippen LogP contribution in [0.15, 0.2) is 66.8 Å². The smallest absolute Gasteiger partial charge is 0.0101 e. The van der Waals surface area contributed by atoms with Gasteiger partial charge in [0.05, 0.1) is 0 Å². The van der Waals surface area contributed by atoms with Crippen molar-refractivity contribution < 1.29 is 0 Å². The number of hydrogen-bond acceptors (Lipinski definition) is 0. The highest BCUT2D eigenvalue weighted by atomic mass is 14.3. The molecule has 0 spiro atoms. The lowest BCUT2D eigenvalue weighted by molar-refractivity contribution is 0.544. The van der Waals surface area contributed by atoms with Gasteiger partial charge in [-0.3, -0.25) is 0 Å². The SMILES string of the molecule is Cc1cccc(C2CC3CC=CC=C3c3ccccc32)c1. The summed E-state index contributed by atoms with van der Waals surface area (Å²) >= 11 is 0. The molecular weight excluding hydrogens is 252 g/mol. The Morgan fingerprint density at radius 3 is 2.81 bits per heavy atom. The number of allylic oxidation sites excluding steroid dienone is 4. The Hall–Kier alpha value is -2.08. The minimum atomic E-state index is 0.537. The lowest BCUT2D eigenvalue weighted by Crippen LogP contribution is -2.19. The first-order chi connectivity index (χ1) is 10.3. The zero-order valence-corrected chi connectivity index (χ0v) is 12.4. The van der Waals surface area contributed by atoms with Gasteiger partial charge >= 0.3 is 0 Å². The molecule has 0 saturated heterocycles. The summed E-state index contributed by atoms with van der Waals surface area (Å²) in [6.45, 7) is 2.19. The molecule has 0 bridgehead atoms. The third kappa shape index (κ3) is 2.15. The number of fused-ring (bicyclic) bond motifs is 3. The van der Waals surface area contributed by atoms with Gasteiger partial charge in [0.2, 0.25) is 0 Å². The molecular formula is C21H20. The number of rotatable bonds is 1. The Kier molecular flexibility index (Phi) is 3.03. The number of benzene rings is 2. The van der Waals surface area contributed by atoms with Gasteiger partial charge in [0.1, 0.15) is 0 Å². The number of hydrogen-bond donors (Lipinski definition) is 0. The maximum atomic E-state index is 2.36. The maximum absolute atomic E-state index is 2.36. The largest absolute Gasteiger partial charge is 0.0839 e. The minimum Gasteiger partial charge on any atom is -0.0839 e. The van der Waals surface area contributed by atoms with Crippen LogP contribution >= 0.6 is 0 Å². The molecule has 2 atom stereocenters. The van der Waals surface area contributed by atoms with Crippen LogP contribution in [-0.4, -0.2) is 0 Å². The van der Waals surface area contributed by atoms with Gasteiger partial charge in [-0.25, -0.2) is 0 Å². The van der Waals surface area contributed by atoms with E-state index in [4.69, 9.17) is 0 Å². The minimum absolute atomic E-state index is 0.537. The van der Waals surface area contributed by atoms with E-state index in [-0.39, 0.29) is 0 Å². The average Bonchev–Trinajstić information content (AvgIpc) is 2.54. The quantitative estimate of drug-likeness (QED) is 0.644. The van der Waals surface area contributed by atoms with Crippen LogP contribution in [0.2, 0.25) is 0 Å². The third-order valence-electron chi connectivity index (χ3n) is 4.88. The fourth-order valence-electron chi connectivity index (χ4n) is 3.89. The van der Waals surface area contributed by atoms with E-state index in [1.165, 1.54) is 40.7 Å². The Morgan fingerprint density at radius 1 is 1.00 bits per heavy atom. The highest BCUT2D eigenvalue weighted by Crippen LogP contribution is 2.47. The summed E-state index contributed by atoms with van der Waals surface area (Å²) in [4.78, 5) is 0. The second-order valence-electron chi connectivity index (χ2n) is 6.27. The Bertz CT molecular complexity index is 733. The Balaban J connectivity index is 1.87. The molecule has 2 aliphatic carbocycles. The lowest BCUT2D eigenvalue weighted by Gasteiger charge is -2.35. The molecule has 2 aromatic rings. The predicted molar refractivity (Wildman–Crippen MR) is 89.3 cm³/mol. The molecule has 104 valence electrons. The van der Waals surface area contributed by atoms with E-state index in [2.05, 4.69) is 73.7 Å². The molecule has 2 aromatic carbocycles. The van der Waals surface area contributed by atoms with Crippen molar-refractivity contribution in [2.45, 2.75) is 25.7 Å². The lowest BCUT2D eigenvalue weighted by atomic mass is 9.69. The van der Waals surface area contributed by atoms with E-state index in [9.17, 15) is 0 Å². The standard InChI is InChI=1S/C21H20/c1-15-7-6-9-16(13-15)21-14-17-8-2-3-10-18(17)19-11-4-5-12-20(19)21/h2-7,9-13,17,21H,8,14H2,1H3. The van der Waals surface area contributed by atoms with Gasteiger partial charge in [-0.1, -0.05) is 72.3 Å². The highest BCUT2D eigenvalue weighted by molar-refractivity contribution is 5.75. The second-order valence-corrected chi connectivity index (χ2v) is 6.27. The normalized spacial score (nSPS) is 23.2. The van der Waals surface area contributed by atoms with Crippen molar-refractivity contribution in [2.24, 2.45) is 5.92 Å². The van der Waals surface area contributed by atoms with E-state index in [0.29, 0.717) is 11.8 Å². The van der Waals surface area contributed by atoms with Crippen LogP contribution in [0.3, 0.4) is 0 Å². The van der Waals surface area contributed by atoms with Gasteiger partial charge < -0.3 is 0 Å². The van der Waals surface area contributed by atoms with E-state index < -0.39 is 0 Å². The highest BCUT2D eigenvalue weighted by Gasteiger charge is 2.31. The molecule has 0 heteroatoms. The van der Waals surface area contributed by atoms with E-state index in [1.54, 1.807) is 0 Å². The summed E-state index contributed by atoms with van der Waals surface area (Å²) in [6, 6.07) is 18.0. The van der Waals surface area contributed by atoms with Gasteiger partial charge in [0, 0.05) is 5.92 Å². The molecule has 0 amide bonds. The summed E-state index contributed by atoms with van der Waals surface area (Å²) in [5.41, 5.74) is 7.33. The topological polar surface area (TPSA) is 0 Å². The molecule has 0 saturated carbocycles. The monoisotopic (exact) mass is 272 g/mol. The van der Waals surface area contributed by atoms with Crippen molar-refractivity contribution in [2.75, 3.05) is 0 Å². The first-order valence-corrected chi connectivity index (χ1v) is 7.85. The Labute approximate surface area is 126 Å². The van der Waals surface area contributed by atoms with Crippen LogP contribution in [0.1, 0.15) is 41.0 Å². The van der Waals surface area contributed by atoms with Crippen molar-refractivity contribution in [3.05, 3.63) is 89.0 Å². The summed E-state index contributed by atoms with van der Waals surface area (Å²) in [5, 5.41) is 0. The van der Waals surface area contributed by atoms with Gasteiger partial charge in [-0.05, 0) is 47.9 Å². The molecule has 0 heterocycles. The van der Waals surface area contributed by atoms with Crippen LogP contribution in [-0.2, 0) is 0 Å². The fraction of sp³-hybridized carbons (Fsp3) is 0.238. The molecule has 0 fully saturated rings. The van der Waals surface area contributed by atoms with Crippen molar-refractivity contribution in [1.82, 2.24) is 0 Å². The van der Waals surface area contributed by atoms with Gasteiger partial charge in [-0.15, -0.1) is 0 Å². The van der Waals surface area contributed by atoms with Crippen molar-refractivity contribution in [1.29, 1.82) is 0 Å². The molecule has 0 N–H and O–H groups in total. The average molecular weight is 272 g/mol. The van der Waals surface area contributed by atoms with Crippen LogP contribution in [0, 0.1) is 12.8 Å².